The van der Waals surface area contributed by atoms with Gasteiger partial charge in [-0.3, -0.25) is 4.79 Å². The van der Waals surface area contributed by atoms with E-state index in [9.17, 15) is 14.4 Å². The first-order valence-corrected chi connectivity index (χ1v) is 6.19. The zero-order valence-corrected chi connectivity index (χ0v) is 12.1. The Hall–Kier alpha value is -1.79. The third-order valence-electron chi connectivity index (χ3n) is 2.71. The van der Waals surface area contributed by atoms with Crippen LogP contribution in [0, 0.1) is 5.92 Å². The van der Waals surface area contributed by atoms with Gasteiger partial charge in [-0.15, -0.1) is 0 Å². The van der Waals surface area contributed by atoms with E-state index in [4.69, 9.17) is 5.11 Å². The maximum Gasteiger partial charge on any atom is 0.326 e. The summed E-state index contributed by atoms with van der Waals surface area (Å²) in [5, 5.41) is 11.4. The van der Waals surface area contributed by atoms with Gasteiger partial charge >= 0.3 is 12.0 Å². The largest absolute Gasteiger partial charge is 0.480 e. The molecule has 1 atom stereocenters. The molecule has 7 heteroatoms. The van der Waals surface area contributed by atoms with Gasteiger partial charge in [0, 0.05) is 20.6 Å². The summed E-state index contributed by atoms with van der Waals surface area (Å²) in [6.07, 6.45) is 0. The van der Waals surface area contributed by atoms with Crippen molar-refractivity contribution in [2.45, 2.75) is 26.8 Å². The van der Waals surface area contributed by atoms with Crippen molar-refractivity contribution in [2.75, 3.05) is 27.2 Å². The van der Waals surface area contributed by atoms with Crippen molar-refractivity contribution < 1.29 is 19.5 Å². The fraction of sp³-hybridized carbons (Fsp3) is 0.750. The number of hydrogen-bond donors (Lipinski definition) is 2. The molecular weight excluding hydrogens is 250 g/mol. The molecule has 0 radical (unpaired) electrons. The van der Waals surface area contributed by atoms with Gasteiger partial charge < -0.3 is 20.2 Å². The molecule has 0 spiro atoms. The van der Waals surface area contributed by atoms with Crippen molar-refractivity contribution in [2.24, 2.45) is 5.92 Å². The first kappa shape index (κ1) is 17.2. The Kier molecular flexibility index (Phi) is 6.89. The Morgan fingerprint density at radius 1 is 1.21 bits per heavy atom. The molecule has 0 aromatic rings. The fourth-order valence-corrected chi connectivity index (χ4v) is 1.37. The lowest BCUT2D eigenvalue weighted by atomic mass is 10.1. The molecule has 0 bridgehead atoms. The zero-order chi connectivity index (χ0) is 15.2. The maximum atomic E-state index is 11.9. The average molecular weight is 273 g/mol. The fourth-order valence-electron chi connectivity index (χ4n) is 1.37. The summed E-state index contributed by atoms with van der Waals surface area (Å²) in [7, 11) is 3.20. The standard InChI is InChI=1S/C12H23N3O4/c1-6-15(7-9(16)14(4)5)12(19)13-10(8(2)3)11(17)18/h8,10H,6-7H2,1-5H3,(H,13,19)(H,17,18). The van der Waals surface area contributed by atoms with E-state index in [1.807, 2.05) is 0 Å². The van der Waals surface area contributed by atoms with Crippen molar-refractivity contribution in [1.82, 2.24) is 15.1 Å². The molecule has 1 unspecified atom stereocenters. The number of rotatable bonds is 6. The van der Waals surface area contributed by atoms with Crippen LogP contribution in [-0.2, 0) is 9.59 Å². The van der Waals surface area contributed by atoms with E-state index in [1.165, 1.54) is 9.80 Å². The van der Waals surface area contributed by atoms with Gasteiger partial charge in [0.05, 0.1) is 0 Å². The highest BCUT2D eigenvalue weighted by atomic mass is 16.4. The van der Waals surface area contributed by atoms with E-state index in [0.717, 1.165) is 0 Å². The summed E-state index contributed by atoms with van der Waals surface area (Å²) < 4.78 is 0. The van der Waals surface area contributed by atoms with Crippen molar-refractivity contribution >= 4 is 17.9 Å². The van der Waals surface area contributed by atoms with Gasteiger partial charge in [0.1, 0.15) is 12.6 Å². The Bertz CT molecular complexity index is 342. The third kappa shape index (κ3) is 5.58. The number of carboxylic acids is 1. The van der Waals surface area contributed by atoms with Crippen LogP contribution in [0.5, 0.6) is 0 Å². The number of nitrogens with zero attached hydrogens (tertiary/aromatic N) is 2. The van der Waals surface area contributed by atoms with Gasteiger partial charge in [-0.25, -0.2) is 9.59 Å². The molecule has 0 aliphatic carbocycles. The molecule has 0 fully saturated rings. The summed E-state index contributed by atoms with van der Waals surface area (Å²) in [4.78, 5) is 37.2. The van der Waals surface area contributed by atoms with Gasteiger partial charge in [0.25, 0.3) is 0 Å². The summed E-state index contributed by atoms with van der Waals surface area (Å²) in [5.74, 6) is -1.53. The smallest absolute Gasteiger partial charge is 0.326 e. The van der Waals surface area contributed by atoms with Gasteiger partial charge in [0.2, 0.25) is 5.91 Å². The lowest BCUT2D eigenvalue weighted by molar-refractivity contribution is -0.140. The summed E-state index contributed by atoms with van der Waals surface area (Å²) in [6.45, 7) is 5.41. The van der Waals surface area contributed by atoms with Gasteiger partial charge in [-0.05, 0) is 12.8 Å². The summed E-state index contributed by atoms with van der Waals surface area (Å²) >= 11 is 0. The molecule has 0 saturated carbocycles. The molecule has 0 aromatic heterocycles. The van der Waals surface area contributed by atoms with E-state index in [0.29, 0.717) is 6.54 Å². The minimum Gasteiger partial charge on any atom is -0.480 e. The maximum absolute atomic E-state index is 11.9. The molecule has 0 saturated heterocycles. The highest BCUT2D eigenvalue weighted by Gasteiger charge is 2.26. The Labute approximate surface area is 113 Å². The molecule has 0 rings (SSSR count). The van der Waals surface area contributed by atoms with E-state index < -0.39 is 18.0 Å². The lowest BCUT2D eigenvalue weighted by Crippen LogP contribution is -2.52. The number of urea groups is 1. The average Bonchev–Trinajstić information content (AvgIpc) is 2.31. The van der Waals surface area contributed by atoms with Crippen molar-refractivity contribution in [1.29, 1.82) is 0 Å². The first-order chi connectivity index (χ1) is 8.70. The number of amides is 3. The van der Waals surface area contributed by atoms with E-state index >= 15 is 0 Å². The van der Waals surface area contributed by atoms with Crippen molar-refractivity contribution in [3.8, 4) is 0 Å². The molecule has 0 aliphatic rings. The number of hydrogen-bond acceptors (Lipinski definition) is 3. The Morgan fingerprint density at radius 3 is 2.05 bits per heavy atom. The van der Waals surface area contributed by atoms with Crippen molar-refractivity contribution in [3.63, 3.8) is 0 Å². The number of carbonyl (C=O) groups is 3. The number of aliphatic carboxylic acids is 1. The highest BCUT2D eigenvalue weighted by Crippen LogP contribution is 2.03. The lowest BCUT2D eigenvalue weighted by Gasteiger charge is -2.26. The normalized spacial score (nSPS) is 11.9. The zero-order valence-electron chi connectivity index (χ0n) is 12.1. The number of carboxylic acid groups (broad SMARTS) is 1. The van der Waals surface area contributed by atoms with Gasteiger partial charge in [-0.1, -0.05) is 13.8 Å². The number of nitrogens with one attached hydrogen (secondary N) is 1. The van der Waals surface area contributed by atoms with E-state index in [1.54, 1.807) is 34.9 Å². The minimum atomic E-state index is -1.08. The quantitative estimate of drug-likeness (QED) is 0.724. The topological polar surface area (TPSA) is 90.0 Å². The van der Waals surface area contributed by atoms with Crippen LogP contribution in [0.2, 0.25) is 0 Å². The van der Waals surface area contributed by atoms with Gasteiger partial charge in [-0.2, -0.15) is 0 Å². The van der Waals surface area contributed by atoms with Gasteiger partial charge in [0.15, 0.2) is 0 Å². The van der Waals surface area contributed by atoms with E-state index in [-0.39, 0.29) is 18.4 Å². The van der Waals surface area contributed by atoms with Crippen molar-refractivity contribution in [3.05, 3.63) is 0 Å². The Balaban J connectivity index is 4.67. The highest BCUT2D eigenvalue weighted by molar-refractivity contribution is 5.86. The van der Waals surface area contributed by atoms with Crippen LogP contribution >= 0.6 is 0 Å². The second-order valence-corrected chi connectivity index (χ2v) is 4.81. The molecule has 7 nitrogen and oxygen atoms in total. The number of carbonyl (C=O) groups excluding carboxylic acids is 2. The second-order valence-electron chi connectivity index (χ2n) is 4.81. The van der Waals surface area contributed by atoms with Crippen LogP contribution in [0.1, 0.15) is 20.8 Å². The molecule has 110 valence electrons. The van der Waals surface area contributed by atoms with Crippen LogP contribution in [0.3, 0.4) is 0 Å². The Morgan fingerprint density at radius 2 is 1.74 bits per heavy atom. The summed E-state index contributed by atoms with van der Waals surface area (Å²) in [5.41, 5.74) is 0. The SMILES string of the molecule is CCN(CC(=O)N(C)C)C(=O)NC(C(=O)O)C(C)C. The molecule has 0 aromatic carbocycles. The second kappa shape index (κ2) is 7.60. The predicted molar refractivity (Wildman–Crippen MR) is 70.7 cm³/mol. The molecular formula is C12H23N3O4. The minimum absolute atomic E-state index is 0.0697. The summed E-state index contributed by atoms with van der Waals surface area (Å²) in [6, 6.07) is -1.50. The molecule has 2 N–H and O–H groups in total. The molecule has 3 amide bonds. The van der Waals surface area contributed by atoms with E-state index in [2.05, 4.69) is 5.32 Å². The van der Waals surface area contributed by atoms with Crippen LogP contribution in [0.4, 0.5) is 4.79 Å². The predicted octanol–water partition coefficient (Wildman–Crippen LogP) is 0.215. The van der Waals surface area contributed by atoms with Crippen LogP contribution < -0.4 is 5.32 Å². The van der Waals surface area contributed by atoms with Crippen LogP contribution in [-0.4, -0.2) is 66.0 Å². The van der Waals surface area contributed by atoms with Crippen LogP contribution in [0.25, 0.3) is 0 Å². The third-order valence-corrected chi connectivity index (χ3v) is 2.71. The monoisotopic (exact) mass is 273 g/mol. The molecule has 0 aliphatic heterocycles. The first-order valence-electron chi connectivity index (χ1n) is 6.19. The van der Waals surface area contributed by atoms with Crippen LogP contribution in [0.15, 0.2) is 0 Å². The molecule has 0 heterocycles. The number of likely N-dealkylation sites (N-methyl/N-ethyl adjacent to an activating group) is 2. The molecule has 19 heavy (non-hydrogen) atoms.